The minimum Gasteiger partial charge on any atom is -0.395 e. The van der Waals surface area contributed by atoms with E-state index in [0.29, 0.717) is 25.6 Å². The fraction of sp³-hybridized carbons (Fsp3) is 0.769. The SMILES string of the molecule is C=CCN(CCO)C(=O)C1CCCCC1CN. The third-order valence-electron chi connectivity index (χ3n) is 3.56. The summed E-state index contributed by atoms with van der Waals surface area (Å²) in [6.45, 7) is 5.12. The van der Waals surface area contributed by atoms with E-state index in [1.807, 2.05) is 0 Å². The fourth-order valence-corrected chi connectivity index (χ4v) is 2.62. The predicted octanol–water partition coefficient (Wildman–Crippen LogP) is 0.758. The van der Waals surface area contributed by atoms with Crippen LogP contribution in [0.5, 0.6) is 0 Å². The molecule has 1 rings (SSSR count). The van der Waals surface area contributed by atoms with Crippen molar-refractivity contribution in [3.8, 4) is 0 Å². The minimum absolute atomic E-state index is 0.000405. The Hall–Kier alpha value is -0.870. The van der Waals surface area contributed by atoms with Crippen LogP contribution in [-0.2, 0) is 4.79 Å². The first-order valence-electron chi connectivity index (χ1n) is 6.45. The molecular formula is C13H24N2O2. The van der Waals surface area contributed by atoms with Crippen molar-refractivity contribution in [3.05, 3.63) is 12.7 Å². The van der Waals surface area contributed by atoms with E-state index >= 15 is 0 Å². The Balaban J connectivity index is 2.65. The highest BCUT2D eigenvalue weighted by molar-refractivity contribution is 5.79. The molecule has 4 nitrogen and oxygen atoms in total. The number of hydrogen-bond donors (Lipinski definition) is 2. The molecule has 4 heteroatoms. The third kappa shape index (κ3) is 3.82. The van der Waals surface area contributed by atoms with Crippen molar-refractivity contribution >= 4 is 5.91 Å². The summed E-state index contributed by atoms with van der Waals surface area (Å²) in [5.74, 6) is 0.483. The Bertz CT molecular complexity index is 256. The van der Waals surface area contributed by atoms with Gasteiger partial charge in [-0.3, -0.25) is 4.79 Å². The number of nitrogens with zero attached hydrogens (tertiary/aromatic N) is 1. The highest BCUT2D eigenvalue weighted by Gasteiger charge is 2.32. The van der Waals surface area contributed by atoms with Crippen LogP contribution >= 0.6 is 0 Å². The third-order valence-corrected chi connectivity index (χ3v) is 3.56. The molecule has 2 atom stereocenters. The summed E-state index contributed by atoms with van der Waals surface area (Å²) >= 11 is 0. The molecule has 0 aromatic carbocycles. The predicted molar refractivity (Wildman–Crippen MR) is 68.4 cm³/mol. The van der Waals surface area contributed by atoms with Crippen LogP contribution in [0.3, 0.4) is 0 Å². The van der Waals surface area contributed by atoms with Gasteiger partial charge in [0.2, 0.25) is 5.91 Å². The number of carbonyl (C=O) groups is 1. The number of hydrogen-bond acceptors (Lipinski definition) is 3. The van der Waals surface area contributed by atoms with Gasteiger partial charge in [0, 0.05) is 19.0 Å². The van der Waals surface area contributed by atoms with E-state index in [1.165, 1.54) is 6.42 Å². The van der Waals surface area contributed by atoms with Gasteiger partial charge >= 0.3 is 0 Å². The molecule has 98 valence electrons. The van der Waals surface area contributed by atoms with Gasteiger partial charge in [-0.1, -0.05) is 18.9 Å². The van der Waals surface area contributed by atoms with Gasteiger partial charge in [0.05, 0.1) is 6.61 Å². The average Bonchev–Trinajstić information content (AvgIpc) is 2.37. The Labute approximate surface area is 103 Å². The van der Waals surface area contributed by atoms with Crippen LogP contribution in [0, 0.1) is 11.8 Å². The Morgan fingerprint density at radius 1 is 1.47 bits per heavy atom. The van der Waals surface area contributed by atoms with Crippen LogP contribution in [0.25, 0.3) is 0 Å². The van der Waals surface area contributed by atoms with Crippen LogP contribution < -0.4 is 5.73 Å². The second-order valence-electron chi connectivity index (χ2n) is 4.68. The lowest BCUT2D eigenvalue weighted by molar-refractivity contribution is -0.138. The molecule has 1 aliphatic carbocycles. The molecule has 17 heavy (non-hydrogen) atoms. The summed E-state index contributed by atoms with van der Waals surface area (Å²) < 4.78 is 0. The van der Waals surface area contributed by atoms with E-state index in [4.69, 9.17) is 10.8 Å². The molecule has 0 spiro atoms. The first kappa shape index (κ1) is 14.2. The molecule has 0 radical (unpaired) electrons. The molecule has 0 aromatic rings. The molecule has 2 unspecified atom stereocenters. The van der Waals surface area contributed by atoms with Gasteiger partial charge in [-0.2, -0.15) is 0 Å². The topological polar surface area (TPSA) is 66.6 Å². The molecule has 1 amide bonds. The largest absolute Gasteiger partial charge is 0.395 e. The molecule has 0 saturated heterocycles. The summed E-state index contributed by atoms with van der Waals surface area (Å²) in [5, 5.41) is 8.98. The highest BCUT2D eigenvalue weighted by atomic mass is 16.3. The first-order chi connectivity index (χ1) is 8.24. The van der Waals surface area contributed by atoms with Gasteiger partial charge in [0.1, 0.15) is 0 Å². The monoisotopic (exact) mass is 240 g/mol. The minimum atomic E-state index is -0.000405. The molecule has 0 aliphatic heterocycles. The van der Waals surface area contributed by atoms with Crippen molar-refractivity contribution < 1.29 is 9.90 Å². The van der Waals surface area contributed by atoms with Crippen molar-refractivity contribution in [3.63, 3.8) is 0 Å². The summed E-state index contributed by atoms with van der Waals surface area (Å²) in [7, 11) is 0. The molecule has 0 bridgehead atoms. The lowest BCUT2D eigenvalue weighted by Gasteiger charge is -2.33. The van der Waals surface area contributed by atoms with Crippen molar-refractivity contribution in [2.24, 2.45) is 17.6 Å². The molecular weight excluding hydrogens is 216 g/mol. The van der Waals surface area contributed by atoms with Gasteiger partial charge in [-0.25, -0.2) is 0 Å². The van der Waals surface area contributed by atoms with Crippen LogP contribution in [0.4, 0.5) is 0 Å². The fourth-order valence-electron chi connectivity index (χ4n) is 2.62. The van der Waals surface area contributed by atoms with Crippen molar-refractivity contribution in [2.75, 3.05) is 26.2 Å². The van der Waals surface area contributed by atoms with E-state index in [9.17, 15) is 4.79 Å². The summed E-state index contributed by atoms with van der Waals surface area (Å²) in [6.07, 6.45) is 5.96. The normalized spacial score (nSPS) is 24.4. The highest BCUT2D eigenvalue weighted by Crippen LogP contribution is 2.30. The van der Waals surface area contributed by atoms with Gasteiger partial charge in [-0.15, -0.1) is 6.58 Å². The number of aliphatic hydroxyl groups is 1. The van der Waals surface area contributed by atoms with Crippen LogP contribution in [0.2, 0.25) is 0 Å². The lowest BCUT2D eigenvalue weighted by Crippen LogP contribution is -2.43. The summed E-state index contributed by atoms with van der Waals surface area (Å²) in [4.78, 5) is 14.0. The number of amides is 1. The average molecular weight is 240 g/mol. The van der Waals surface area contributed by atoms with E-state index in [1.54, 1.807) is 11.0 Å². The Kier molecular flexibility index (Phi) is 6.22. The van der Waals surface area contributed by atoms with E-state index < -0.39 is 0 Å². The second-order valence-corrected chi connectivity index (χ2v) is 4.68. The maximum absolute atomic E-state index is 12.4. The maximum atomic E-state index is 12.4. The first-order valence-corrected chi connectivity index (χ1v) is 6.45. The zero-order valence-corrected chi connectivity index (χ0v) is 10.5. The van der Waals surface area contributed by atoms with Crippen LogP contribution in [-0.4, -0.2) is 42.2 Å². The van der Waals surface area contributed by atoms with Crippen LogP contribution in [0.15, 0.2) is 12.7 Å². The molecule has 1 fully saturated rings. The summed E-state index contributed by atoms with van der Waals surface area (Å²) in [5.41, 5.74) is 5.74. The van der Waals surface area contributed by atoms with Crippen molar-refractivity contribution in [1.29, 1.82) is 0 Å². The van der Waals surface area contributed by atoms with Gasteiger partial charge < -0.3 is 15.7 Å². The van der Waals surface area contributed by atoms with E-state index in [2.05, 4.69) is 6.58 Å². The van der Waals surface area contributed by atoms with E-state index in [0.717, 1.165) is 19.3 Å². The van der Waals surface area contributed by atoms with E-state index in [-0.39, 0.29) is 18.4 Å². The zero-order valence-electron chi connectivity index (χ0n) is 10.5. The Morgan fingerprint density at radius 2 is 2.18 bits per heavy atom. The van der Waals surface area contributed by atoms with Gasteiger partial charge in [0.15, 0.2) is 0 Å². The summed E-state index contributed by atoms with van der Waals surface area (Å²) in [6, 6.07) is 0. The number of aliphatic hydroxyl groups excluding tert-OH is 1. The quantitative estimate of drug-likeness (QED) is 0.674. The number of nitrogens with two attached hydrogens (primary N) is 1. The van der Waals surface area contributed by atoms with Crippen molar-refractivity contribution in [2.45, 2.75) is 25.7 Å². The maximum Gasteiger partial charge on any atom is 0.226 e. The standard InChI is InChI=1S/C13H24N2O2/c1-2-7-15(8-9-16)13(17)12-6-4-3-5-11(12)10-14/h2,11-12,16H,1,3-10,14H2. The molecule has 1 saturated carbocycles. The molecule has 3 N–H and O–H groups in total. The Morgan fingerprint density at radius 3 is 2.76 bits per heavy atom. The van der Waals surface area contributed by atoms with Crippen molar-refractivity contribution in [1.82, 2.24) is 4.90 Å². The molecule has 0 heterocycles. The zero-order chi connectivity index (χ0) is 12.7. The second kappa shape index (κ2) is 7.45. The van der Waals surface area contributed by atoms with Gasteiger partial charge in [-0.05, 0) is 25.3 Å². The number of carbonyl (C=O) groups excluding carboxylic acids is 1. The smallest absolute Gasteiger partial charge is 0.226 e. The number of rotatable bonds is 6. The molecule has 1 aliphatic rings. The lowest BCUT2D eigenvalue weighted by atomic mass is 9.78. The van der Waals surface area contributed by atoms with Gasteiger partial charge in [0.25, 0.3) is 0 Å². The molecule has 0 aromatic heterocycles. The van der Waals surface area contributed by atoms with Crippen LogP contribution in [0.1, 0.15) is 25.7 Å².